The van der Waals surface area contributed by atoms with Crippen LogP contribution in [0.1, 0.15) is 72.9 Å². The summed E-state index contributed by atoms with van der Waals surface area (Å²) in [7, 11) is 0. The molecule has 2 aromatic heterocycles. The zero-order valence-electron chi connectivity index (χ0n) is 30.6. The fraction of sp³-hybridized carbons (Fsp3) is 0.400. The first-order valence-electron chi connectivity index (χ1n) is 17.6. The second kappa shape index (κ2) is 21.1. The van der Waals surface area contributed by atoms with Crippen molar-refractivity contribution in [3.63, 3.8) is 0 Å². The van der Waals surface area contributed by atoms with Crippen LogP contribution in [0.5, 0.6) is 0 Å². The number of carboxylic acids is 5. The molecule has 3 aromatic rings. The molecule has 13 N–H and O–H groups in total. The molecule has 23 nitrogen and oxygen atoms in total. The second-order valence-corrected chi connectivity index (χ2v) is 13.0. The number of hydrogen-bond donors (Lipinski definition) is 12. The lowest BCUT2D eigenvalue weighted by molar-refractivity contribution is -0.144. The highest BCUT2D eigenvalue weighted by molar-refractivity contribution is 5.99. The van der Waals surface area contributed by atoms with Crippen molar-refractivity contribution in [2.75, 3.05) is 5.73 Å². The number of hydrogen-bond acceptors (Lipinski definition) is 12. The van der Waals surface area contributed by atoms with Crippen molar-refractivity contribution in [2.45, 2.75) is 88.4 Å². The zero-order chi connectivity index (χ0) is 43.1. The number of carboxylic acid groups (broad SMARTS) is 5. The normalized spacial score (nSPS) is 13.0. The number of aryl methyl sites for hydroxylation is 2. The van der Waals surface area contributed by atoms with Gasteiger partial charge in [-0.15, -0.1) is 0 Å². The molecule has 0 radical (unpaired) electrons. The van der Waals surface area contributed by atoms with E-state index in [0.717, 1.165) is 5.56 Å². The Kier molecular flexibility index (Phi) is 16.4. The lowest BCUT2D eigenvalue weighted by Crippen LogP contribution is -2.58. The molecule has 0 aliphatic heterocycles. The number of nitrogens with two attached hydrogens (primary N) is 1. The third-order valence-corrected chi connectivity index (χ3v) is 8.63. The number of carbonyl (C=O) groups is 9. The minimum atomic E-state index is -1.76. The highest BCUT2D eigenvalue weighted by atomic mass is 16.4. The van der Waals surface area contributed by atoms with Crippen molar-refractivity contribution in [2.24, 2.45) is 0 Å². The number of benzene rings is 1. The maximum atomic E-state index is 13.5. The van der Waals surface area contributed by atoms with E-state index in [2.05, 4.69) is 30.9 Å². The number of aromatic amines is 2. The molecule has 0 bridgehead atoms. The van der Waals surface area contributed by atoms with E-state index >= 15 is 0 Å². The molecule has 4 atom stereocenters. The number of fused-ring (bicyclic) bond motifs is 1. The van der Waals surface area contributed by atoms with Gasteiger partial charge in [0.25, 0.3) is 11.5 Å². The van der Waals surface area contributed by atoms with Crippen LogP contribution >= 0.6 is 0 Å². The molecule has 0 fully saturated rings. The molecular weight excluding hydrogens is 772 g/mol. The predicted octanol–water partition coefficient (Wildman–Crippen LogP) is -1.28. The van der Waals surface area contributed by atoms with E-state index in [-0.39, 0.29) is 11.5 Å². The van der Waals surface area contributed by atoms with Gasteiger partial charge >= 0.3 is 29.8 Å². The molecule has 312 valence electrons. The predicted molar refractivity (Wildman–Crippen MR) is 197 cm³/mol. The van der Waals surface area contributed by atoms with Crippen molar-refractivity contribution in [3.8, 4) is 0 Å². The van der Waals surface area contributed by atoms with Gasteiger partial charge in [0.2, 0.25) is 23.7 Å². The van der Waals surface area contributed by atoms with E-state index in [0.29, 0.717) is 29.4 Å². The summed E-state index contributed by atoms with van der Waals surface area (Å²) in [5.74, 6) is -11.6. The van der Waals surface area contributed by atoms with Gasteiger partial charge in [0.15, 0.2) is 0 Å². The average molecular weight is 815 g/mol. The number of aromatic nitrogens is 3. The van der Waals surface area contributed by atoms with Crippen LogP contribution in [0.25, 0.3) is 11.0 Å². The molecule has 0 saturated heterocycles. The molecule has 1 aromatic carbocycles. The van der Waals surface area contributed by atoms with E-state index in [1.807, 2.05) is 5.32 Å². The first kappa shape index (κ1) is 45.1. The van der Waals surface area contributed by atoms with Crippen LogP contribution in [0, 0.1) is 0 Å². The Balaban J connectivity index is 1.76. The topological polar surface area (TPSA) is 390 Å². The second-order valence-electron chi connectivity index (χ2n) is 13.0. The van der Waals surface area contributed by atoms with Crippen molar-refractivity contribution in [3.05, 3.63) is 57.5 Å². The molecule has 0 saturated carbocycles. The largest absolute Gasteiger partial charge is 0.481 e. The lowest BCUT2D eigenvalue weighted by atomic mass is 10.0. The van der Waals surface area contributed by atoms with Crippen molar-refractivity contribution in [1.29, 1.82) is 0 Å². The molecular formula is C35H42N8O15. The van der Waals surface area contributed by atoms with Gasteiger partial charge < -0.3 is 57.5 Å². The molecule has 2 heterocycles. The number of anilines is 1. The quantitative estimate of drug-likeness (QED) is 0.0501. The van der Waals surface area contributed by atoms with Crippen LogP contribution in [0.3, 0.4) is 0 Å². The molecule has 0 spiro atoms. The van der Waals surface area contributed by atoms with Gasteiger partial charge in [-0.05, 0) is 61.8 Å². The third kappa shape index (κ3) is 14.1. The van der Waals surface area contributed by atoms with E-state index < -0.39 is 135 Å². The maximum absolute atomic E-state index is 13.5. The summed E-state index contributed by atoms with van der Waals surface area (Å²) in [5.41, 5.74) is 6.98. The fourth-order valence-electron chi connectivity index (χ4n) is 5.61. The standard InChI is InChI=1S/C35H42N8O15/c36-35-42-28-27(33(56)43-35)18(15-37-28)6-3-16-1-4-17(5-2-16)29(52)38-19(7-11-23(44)45)30(53)39-20(8-12-24(46)47)31(54)40-21(9-13-25(48)49)32(55)41-22(34(57)58)10-14-26(50)51/h1-2,4-5,15,19-22H,3,6-14H2,(H,38,52)(H,39,53)(H,40,54)(H,41,55)(H,44,45)(H,46,47)(H,48,49)(H,50,51)(H,57,58)(H4,36,37,42,43,56)/t19-,20-,21-,22-/m0/s1. The smallest absolute Gasteiger partial charge is 0.326 e. The van der Waals surface area contributed by atoms with Crippen LogP contribution in [-0.4, -0.2) is 118 Å². The van der Waals surface area contributed by atoms with Crippen LogP contribution in [0.15, 0.2) is 35.3 Å². The van der Waals surface area contributed by atoms with Gasteiger partial charge in [-0.1, -0.05) is 12.1 Å². The number of nitrogen functional groups attached to an aromatic ring is 1. The van der Waals surface area contributed by atoms with E-state index in [1.54, 1.807) is 18.3 Å². The van der Waals surface area contributed by atoms with Gasteiger partial charge in [0, 0.05) is 37.4 Å². The Bertz CT molecular complexity index is 2100. The SMILES string of the molecule is Nc1nc2[nH]cc(CCc3ccc(C(=O)N[C@@H](CCC(=O)O)C(=O)N[C@@H](CCC(=O)O)C(=O)N[C@@H](CCC(=O)O)C(=O)N[C@@H](CCC(=O)O)C(=O)O)cc3)c2c(=O)[nH]1. The average Bonchev–Trinajstić information content (AvgIpc) is 3.56. The minimum absolute atomic E-state index is 0.0437. The highest BCUT2D eigenvalue weighted by Gasteiger charge is 2.32. The van der Waals surface area contributed by atoms with Gasteiger partial charge in [-0.25, -0.2) is 4.79 Å². The van der Waals surface area contributed by atoms with Crippen molar-refractivity contribution >= 4 is 70.5 Å². The lowest BCUT2D eigenvalue weighted by Gasteiger charge is -2.25. The van der Waals surface area contributed by atoms with Crippen LogP contribution in [0.4, 0.5) is 5.95 Å². The summed E-state index contributed by atoms with van der Waals surface area (Å²) in [6, 6.07) is -0.757. The summed E-state index contributed by atoms with van der Waals surface area (Å²) < 4.78 is 0. The van der Waals surface area contributed by atoms with Crippen molar-refractivity contribution < 1.29 is 68.7 Å². The van der Waals surface area contributed by atoms with Crippen LogP contribution in [0.2, 0.25) is 0 Å². The Morgan fingerprint density at radius 2 is 1.05 bits per heavy atom. The van der Waals surface area contributed by atoms with E-state index in [9.17, 15) is 68.4 Å². The number of rotatable bonds is 24. The van der Waals surface area contributed by atoms with E-state index in [4.69, 9.17) is 10.8 Å². The number of nitrogens with one attached hydrogen (secondary N) is 6. The van der Waals surface area contributed by atoms with Crippen molar-refractivity contribution in [1.82, 2.24) is 36.2 Å². The molecule has 0 aliphatic carbocycles. The summed E-state index contributed by atoms with van der Waals surface area (Å²) in [6.07, 6.45) is -2.52. The minimum Gasteiger partial charge on any atom is -0.481 e. The fourth-order valence-corrected chi connectivity index (χ4v) is 5.61. The Labute approximate surface area is 326 Å². The molecule has 58 heavy (non-hydrogen) atoms. The summed E-state index contributed by atoms with van der Waals surface area (Å²) >= 11 is 0. The summed E-state index contributed by atoms with van der Waals surface area (Å²) in [4.78, 5) is 132. The first-order chi connectivity index (χ1) is 27.3. The number of H-pyrrole nitrogens is 2. The third-order valence-electron chi connectivity index (χ3n) is 8.63. The molecule has 0 aliphatic rings. The monoisotopic (exact) mass is 814 g/mol. The Morgan fingerprint density at radius 3 is 1.50 bits per heavy atom. The van der Waals surface area contributed by atoms with Gasteiger partial charge in [-0.3, -0.25) is 48.1 Å². The summed E-state index contributed by atoms with van der Waals surface area (Å²) in [6.45, 7) is 0. The zero-order valence-corrected chi connectivity index (χ0v) is 30.6. The molecule has 4 amide bonds. The van der Waals surface area contributed by atoms with Gasteiger partial charge in [0.1, 0.15) is 29.8 Å². The van der Waals surface area contributed by atoms with E-state index in [1.165, 1.54) is 12.1 Å². The molecule has 23 heteroatoms. The van der Waals surface area contributed by atoms with Crippen LogP contribution in [-0.2, 0) is 51.2 Å². The molecule has 0 unspecified atom stereocenters. The Morgan fingerprint density at radius 1 is 0.621 bits per heavy atom. The number of carbonyl (C=O) groups excluding carboxylic acids is 4. The van der Waals surface area contributed by atoms with Gasteiger partial charge in [0.05, 0.1) is 5.39 Å². The summed E-state index contributed by atoms with van der Waals surface area (Å²) in [5, 5.41) is 55.3. The number of nitrogens with zero attached hydrogens (tertiary/aromatic N) is 1. The molecule has 3 rings (SSSR count). The first-order valence-corrected chi connectivity index (χ1v) is 17.6. The van der Waals surface area contributed by atoms with Crippen LogP contribution < -0.4 is 32.6 Å². The number of amides is 4. The number of aliphatic carboxylic acids is 5. The maximum Gasteiger partial charge on any atom is 0.326 e. The highest BCUT2D eigenvalue weighted by Crippen LogP contribution is 2.16. The Hall–Kier alpha value is -7.33. The van der Waals surface area contributed by atoms with Gasteiger partial charge in [-0.2, -0.15) is 4.98 Å².